The van der Waals surface area contributed by atoms with Gasteiger partial charge in [0.2, 0.25) is 11.8 Å². The fourth-order valence-corrected chi connectivity index (χ4v) is 3.13. The number of nitrogens with one attached hydrogen (secondary N) is 2. The summed E-state index contributed by atoms with van der Waals surface area (Å²) in [4.78, 5) is 24.2. The molecule has 4 nitrogen and oxygen atoms in total. The third kappa shape index (κ3) is 4.05. The van der Waals surface area contributed by atoms with Crippen LogP contribution in [0.3, 0.4) is 0 Å². The Kier molecular flexibility index (Phi) is 5.12. The molecule has 0 aromatic heterocycles. The molecule has 0 radical (unpaired) electrons. The average Bonchev–Trinajstić information content (AvgIpc) is 2.89. The number of carbonyl (C=O) groups excluding carboxylic acids is 2. The van der Waals surface area contributed by atoms with Gasteiger partial charge in [-0.15, -0.1) is 0 Å². The minimum atomic E-state index is -0.351. The smallest absolute Gasteiger partial charge is 0.232 e. The number of hydrogen-bond acceptors (Lipinski definition) is 2. The summed E-state index contributed by atoms with van der Waals surface area (Å²) in [6.07, 6.45) is 1.59. The molecule has 0 spiro atoms. The molecule has 5 heteroatoms. The van der Waals surface area contributed by atoms with Crippen LogP contribution in [0.5, 0.6) is 0 Å². The number of carbonyl (C=O) groups is 2. The molecule has 0 saturated carbocycles. The monoisotopic (exact) mass is 340 g/mol. The lowest BCUT2D eigenvalue weighted by molar-refractivity contribution is -0.121. The standard InChI is InChI=1S/C20H21FN2O2/c1-2-13-6-7-18-17(11-13)16(20(25)23-18)8-9-22-19(24)12-14-4-3-5-15(21)10-14/h3-7,10-11,16H,2,8-9,12H2,1H3,(H,22,24)(H,23,25)/t16-/m0/s1. The number of aryl methyl sites for hydroxylation is 1. The van der Waals surface area contributed by atoms with Crippen molar-refractivity contribution in [1.29, 1.82) is 0 Å². The molecule has 1 heterocycles. The van der Waals surface area contributed by atoms with E-state index in [9.17, 15) is 14.0 Å². The van der Waals surface area contributed by atoms with Crippen LogP contribution in [0.2, 0.25) is 0 Å². The lowest BCUT2D eigenvalue weighted by Gasteiger charge is -2.11. The van der Waals surface area contributed by atoms with E-state index in [2.05, 4.69) is 23.6 Å². The van der Waals surface area contributed by atoms with Crippen LogP contribution in [0.4, 0.5) is 10.1 Å². The number of rotatable bonds is 6. The highest BCUT2D eigenvalue weighted by atomic mass is 19.1. The summed E-state index contributed by atoms with van der Waals surface area (Å²) < 4.78 is 13.1. The van der Waals surface area contributed by atoms with Crippen LogP contribution in [-0.4, -0.2) is 18.4 Å². The van der Waals surface area contributed by atoms with Crippen molar-refractivity contribution in [3.05, 3.63) is 65.0 Å². The zero-order valence-electron chi connectivity index (χ0n) is 14.1. The summed E-state index contributed by atoms with van der Waals surface area (Å²) in [6, 6.07) is 12.0. The van der Waals surface area contributed by atoms with Gasteiger partial charge in [-0.05, 0) is 47.7 Å². The molecule has 1 aliphatic rings. The fraction of sp³-hybridized carbons (Fsp3) is 0.300. The molecule has 130 valence electrons. The fourth-order valence-electron chi connectivity index (χ4n) is 3.13. The molecule has 0 fully saturated rings. The Hall–Kier alpha value is -2.69. The van der Waals surface area contributed by atoms with Crippen molar-refractivity contribution >= 4 is 17.5 Å². The highest BCUT2D eigenvalue weighted by molar-refractivity contribution is 6.02. The zero-order chi connectivity index (χ0) is 17.8. The van der Waals surface area contributed by atoms with Gasteiger partial charge in [-0.1, -0.05) is 31.2 Å². The van der Waals surface area contributed by atoms with E-state index in [4.69, 9.17) is 0 Å². The average molecular weight is 340 g/mol. The molecule has 0 aliphatic carbocycles. The Morgan fingerprint density at radius 2 is 2.04 bits per heavy atom. The summed E-state index contributed by atoms with van der Waals surface area (Å²) >= 11 is 0. The van der Waals surface area contributed by atoms with Crippen LogP contribution >= 0.6 is 0 Å². The predicted octanol–water partition coefficient (Wildman–Crippen LogP) is 3.17. The first-order chi connectivity index (χ1) is 12.1. The molecular formula is C20H21FN2O2. The van der Waals surface area contributed by atoms with E-state index < -0.39 is 0 Å². The Morgan fingerprint density at radius 1 is 1.20 bits per heavy atom. The first-order valence-electron chi connectivity index (χ1n) is 8.51. The van der Waals surface area contributed by atoms with Gasteiger partial charge < -0.3 is 10.6 Å². The molecule has 1 aliphatic heterocycles. The molecule has 0 unspecified atom stereocenters. The van der Waals surface area contributed by atoms with E-state index >= 15 is 0 Å². The van der Waals surface area contributed by atoms with E-state index in [1.165, 1.54) is 17.7 Å². The Bertz CT molecular complexity index is 804. The third-order valence-electron chi connectivity index (χ3n) is 4.48. The van der Waals surface area contributed by atoms with E-state index in [1.54, 1.807) is 12.1 Å². The van der Waals surface area contributed by atoms with Crippen molar-refractivity contribution in [1.82, 2.24) is 5.32 Å². The van der Waals surface area contributed by atoms with E-state index in [1.807, 2.05) is 12.1 Å². The van der Waals surface area contributed by atoms with Crippen molar-refractivity contribution in [2.24, 2.45) is 0 Å². The maximum Gasteiger partial charge on any atom is 0.232 e. The lowest BCUT2D eigenvalue weighted by Crippen LogP contribution is -2.28. The van der Waals surface area contributed by atoms with Gasteiger partial charge in [-0.3, -0.25) is 9.59 Å². The topological polar surface area (TPSA) is 58.2 Å². The second-order valence-electron chi connectivity index (χ2n) is 6.26. The van der Waals surface area contributed by atoms with Gasteiger partial charge in [0.05, 0.1) is 12.3 Å². The lowest BCUT2D eigenvalue weighted by atomic mass is 9.95. The minimum absolute atomic E-state index is 0.0253. The van der Waals surface area contributed by atoms with Gasteiger partial charge >= 0.3 is 0 Å². The maximum absolute atomic E-state index is 13.1. The molecule has 3 rings (SSSR count). The van der Waals surface area contributed by atoms with Crippen molar-refractivity contribution in [3.8, 4) is 0 Å². The first-order valence-corrected chi connectivity index (χ1v) is 8.51. The third-order valence-corrected chi connectivity index (χ3v) is 4.48. The largest absolute Gasteiger partial charge is 0.356 e. The van der Waals surface area contributed by atoms with Crippen LogP contribution < -0.4 is 10.6 Å². The quantitative estimate of drug-likeness (QED) is 0.848. The highest BCUT2D eigenvalue weighted by Crippen LogP contribution is 2.35. The van der Waals surface area contributed by atoms with Crippen molar-refractivity contribution in [2.75, 3.05) is 11.9 Å². The normalized spacial score (nSPS) is 15.6. The zero-order valence-corrected chi connectivity index (χ0v) is 14.1. The Balaban J connectivity index is 1.56. The van der Waals surface area contributed by atoms with Gasteiger partial charge in [-0.2, -0.15) is 0 Å². The number of anilines is 1. The van der Waals surface area contributed by atoms with Crippen molar-refractivity contribution in [3.63, 3.8) is 0 Å². The summed E-state index contributed by atoms with van der Waals surface area (Å²) in [7, 11) is 0. The molecule has 2 aromatic rings. The SMILES string of the molecule is CCc1ccc2c(c1)[C@H](CCNC(=O)Cc1cccc(F)c1)C(=O)N2. The second-order valence-corrected chi connectivity index (χ2v) is 6.26. The number of amides is 2. The molecule has 25 heavy (non-hydrogen) atoms. The molecular weight excluding hydrogens is 319 g/mol. The van der Waals surface area contributed by atoms with Gasteiger partial charge in [0.25, 0.3) is 0 Å². The summed E-state index contributed by atoms with van der Waals surface area (Å²) in [5.41, 5.74) is 3.69. The molecule has 2 N–H and O–H groups in total. The minimum Gasteiger partial charge on any atom is -0.356 e. The number of benzene rings is 2. The molecule has 1 atom stereocenters. The molecule has 2 amide bonds. The predicted molar refractivity (Wildman–Crippen MR) is 94.9 cm³/mol. The molecule has 0 bridgehead atoms. The van der Waals surface area contributed by atoms with E-state index in [0.717, 1.165) is 17.7 Å². The number of hydrogen-bond donors (Lipinski definition) is 2. The van der Waals surface area contributed by atoms with Crippen LogP contribution in [0.25, 0.3) is 0 Å². The second kappa shape index (κ2) is 7.47. The maximum atomic E-state index is 13.1. The number of fused-ring (bicyclic) bond motifs is 1. The van der Waals surface area contributed by atoms with Crippen LogP contribution in [0, 0.1) is 5.82 Å². The van der Waals surface area contributed by atoms with Crippen LogP contribution in [0.15, 0.2) is 42.5 Å². The van der Waals surface area contributed by atoms with Crippen molar-refractivity contribution in [2.45, 2.75) is 32.1 Å². The van der Waals surface area contributed by atoms with Crippen LogP contribution in [0.1, 0.15) is 36.0 Å². The summed E-state index contributed by atoms with van der Waals surface area (Å²) in [5.74, 6) is -0.790. The van der Waals surface area contributed by atoms with Gasteiger partial charge in [0, 0.05) is 12.2 Å². The Labute approximate surface area is 146 Å². The summed E-state index contributed by atoms with van der Waals surface area (Å²) in [5, 5.41) is 5.71. The van der Waals surface area contributed by atoms with Gasteiger partial charge in [0.15, 0.2) is 0 Å². The van der Waals surface area contributed by atoms with Crippen LogP contribution in [-0.2, 0) is 22.4 Å². The van der Waals surface area contributed by atoms with Crippen molar-refractivity contribution < 1.29 is 14.0 Å². The van der Waals surface area contributed by atoms with Gasteiger partial charge in [0.1, 0.15) is 5.82 Å². The first kappa shape index (κ1) is 17.1. The highest BCUT2D eigenvalue weighted by Gasteiger charge is 2.30. The van der Waals surface area contributed by atoms with Gasteiger partial charge in [-0.25, -0.2) is 4.39 Å². The number of halogens is 1. The van der Waals surface area contributed by atoms with E-state index in [-0.39, 0.29) is 30.0 Å². The Morgan fingerprint density at radius 3 is 2.80 bits per heavy atom. The molecule has 0 saturated heterocycles. The summed E-state index contributed by atoms with van der Waals surface area (Å²) in [6.45, 7) is 2.48. The van der Waals surface area contributed by atoms with E-state index in [0.29, 0.717) is 18.5 Å². The molecule has 2 aromatic carbocycles.